The average Bonchev–Trinajstić information content (AvgIpc) is 2.56. The Morgan fingerprint density at radius 2 is 1.62 bits per heavy atom. The third-order valence-corrected chi connectivity index (χ3v) is 4.00. The molecule has 2 N–H and O–H groups in total. The quantitative estimate of drug-likeness (QED) is 0.803. The number of nitrogens with one attached hydrogen (secondary N) is 2. The highest BCUT2D eigenvalue weighted by molar-refractivity contribution is 5.95. The zero-order valence-electron chi connectivity index (χ0n) is 15.9. The summed E-state index contributed by atoms with van der Waals surface area (Å²) in [4.78, 5) is 23.6. The maximum atomic E-state index is 12.5. The third kappa shape index (κ3) is 5.34. The van der Waals surface area contributed by atoms with E-state index in [0.717, 1.165) is 5.56 Å². The maximum absolute atomic E-state index is 12.5. The van der Waals surface area contributed by atoms with E-state index in [1.54, 1.807) is 31.2 Å². The summed E-state index contributed by atoms with van der Waals surface area (Å²) in [6, 6.07) is 13.1. The van der Waals surface area contributed by atoms with Crippen molar-refractivity contribution in [1.82, 2.24) is 0 Å². The summed E-state index contributed by atoms with van der Waals surface area (Å²) >= 11 is 0. The normalized spacial score (nSPS) is 11.8. The van der Waals surface area contributed by atoms with Crippen molar-refractivity contribution in [2.75, 3.05) is 10.6 Å². The van der Waals surface area contributed by atoms with Gasteiger partial charge in [0.05, 0.1) is 0 Å². The predicted molar refractivity (Wildman–Crippen MR) is 105 cm³/mol. The predicted octanol–water partition coefficient (Wildman–Crippen LogP) is 4.48. The van der Waals surface area contributed by atoms with Gasteiger partial charge in [-0.2, -0.15) is 0 Å². The Hall–Kier alpha value is -2.82. The van der Waals surface area contributed by atoms with Gasteiger partial charge in [0, 0.05) is 18.3 Å². The van der Waals surface area contributed by atoms with Gasteiger partial charge in [0.25, 0.3) is 5.91 Å². The molecule has 2 aromatic rings. The van der Waals surface area contributed by atoms with E-state index >= 15 is 0 Å². The van der Waals surface area contributed by atoms with Crippen LogP contribution in [0, 0.1) is 6.92 Å². The highest BCUT2D eigenvalue weighted by Gasteiger charge is 2.17. The lowest BCUT2D eigenvalue weighted by Gasteiger charge is -2.18. The highest BCUT2D eigenvalue weighted by atomic mass is 16.5. The lowest BCUT2D eigenvalue weighted by molar-refractivity contribution is -0.122. The highest BCUT2D eigenvalue weighted by Crippen LogP contribution is 2.25. The van der Waals surface area contributed by atoms with Crippen molar-refractivity contribution in [2.24, 2.45) is 0 Å². The molecule has 0 aromatic heterocycles. The molecule has 0 heterocycles. The standard InChI is InChI=1S/C21H26N2O3/c1-13(2)17-10-9-14(3)20(11-17)26-15(4)21(25)23-19-8-6-7-18(12-19)22-16(5)24/h6-13,15H,1-5H3,(H,22,24)(H,23,25). The molecule has 2 aromatic carbocycles. The number of hydrogen-bond donors (Lipinski definition) is 2. The van der Waals surface area contributed by atoms with Crippen LogP contribution in [0.4, 0.5) is 11.4 Å². The number of anilines is 2. The van der Waals surface area contributed by atoms with Gasteiger partial charge < -0.3 is 15.4 Å². The summed E-state index contributed by atoms with van der Waals surface area (Å²) in [5.74, 6) is 0.689. The second-order valence-electron chi connectivity index (χ2n) is 6.69. The Kier molecular flexibility index (Phi) is 6.39. The second-order valence-corrected chi connectivity index (χ2v) is 6.69. The van der Waals surface area contributed by atoms with Crippen LogP contribution in [-0.4, -0.2) is 17.9 Å². The van der Waals surface area contributed by atoms with Gasteiger partial charge in [0.1, 0.15) is 5.75 Å². The number of benzene rings is 2. The van der Waals surface area contributed by atoms with Gasteiger partial charge in [-0.1, -0.05) is 32.0 Å². The number of rotatable bonds is 6. The molecule has 0 aliphatic rings. The fourth-order valence-corrected chi connectivity index (χ4v) is 2.47. The molecule has 0 aliphatic carbocycles. The molecule has 138 valence electrons. The van der Waals surface area contributed by atoms with Gasteiger partial charge >= 0.3 is 0 Å². The summed E-state index contributed by atoms with van der Waals surface area (Å²) in [5.41, 5.74) is 3.39. The minimum Gasteiger partial charge on any atom is -0.481 e. The van der Waals surface area contributed by atoms with Crippen LogP contribution < -0.4 is 15.4 Å². The molecular weight excluding hydrogens is 328 g/mol. The van der Waals surface area contributed by atoms with Crippen molar-refractivity contribution in [3.05, 3.63) is 53.6 Å². The van der Waals surface area contributed by atoms with Crippen LogP contribution in [0.25, 0.3) is 0 Å². The third-order valence-electron chi connectivity index (χ3n) is 4.00. The number of amides is 2. The van der Waals surface area contributed by atoms with Crippen molar-refractivity contribution in [2.45, 2.75) is 46.6 Å². The Balaban J connectivity index is 2.06. The molecule has 26 heavy (non-hydrogen) atoms. The van der Waals surface area contributed by atoms with Crippen LogP contribution in [0.1, 0.15) is 44.7 Å². The first-order valence-corrected chi connectivity index (χ1v) is 8.72. The maximum Gasteiger partial charge on any atom is 0.265 e. The Bertz CT molecular complexity index is 800. The minimum atomic E-state index is -0.652. The largest absolute Gasteiger partial charge is 0.481 e. The van der Waals surface area contributed by atoms with Gasteiger partial charge in [0.2, 0.25) is 5.91 Å². The van der Waals surface area contributed by atoms with E-state index in [2.05, 4.69) is 30.5 Å². The summed E-state index contributed by atoms with van der Waals surface area (Å²) in [5, 5.41) is 5.51. The van der Waals surface area contributed by atoms with Crippen LogP contribution >= 0.6 is 0 Å². The first-order chi connectivity index (χ1) is 12.3. The van der Waals surface area contributed by atoms with Crippen LogP contribution in [-0.2, 0) is 9.59 Å². The molecule has 2 amide bonds. The van der Waals surface area contributed by atoms with Gasteiger partial charge in [0.15, 0.2) is 6.10 Å². The van der Waals surface area contributed by atoms with Crippen LogP contribution in [0.15, 0.2) is 42.5 Å². The molecule has 1 unspecified atom stereocenters. The Morgan fingerprint density at radius 1 is 0.962 bits per heavy atom. The van der Waals surface area contributed by atoms with Crippen LogP contribution in [0.3, 0.4) is 0 Å². The molecule has 2 rings (SSSR count). The molecule has 0 bridgehead atoms. The monoisotopic (exact) mass is 354 g/mol. The van der Waals surface area contributed by atoms with Crippen molar-refractivity contribution < 1.29 is 14.3 Å². The van der Waals surface area contributed by atoms with E-state index in [1.807, 2.05) is 19.1 Å². The van der Waals surface area contributed by atoms with Gasteiger partial charge in [-0.3, -0.25) is 9.59 Å². The lowest BCUT2D eigenvalue weighted by Crippen LogP contribution is -2.30. The van der Waals surface area contributed by atoms with Crippen LogP contribution in [0.2, 0.25) is 0 Å². The van der Waals surface area contributed by atoms with Crippen molar-refractivity contribution in [3.63, 3.8) is 0 Å². The summed E-state index contributed by atoms with van der Waals surface area (Å²) in [6.07, 6.45) is -0.652. The zero-order chi connectivity index (χ0) is 19.3. The molecule has 5 nitrogen and oxygen atoms in total. The number of ether oxygens (including phenoxy) is 1. The lowest BCUT2D eigenvalue weighted by atomic mass is 10.0. The Labute approximate surface area is 154 Å². The molecule has 0 saturated carbocycles. The topological polar surface area (TPSA) is 67.4 Å². The second kappa shape index (κ2) is 8.52. The SMILES string of the molecule is CC(=O)Nc1cccc(NC(=O)C(C)Oc2cc(C(C)C)ccc2C)c1. The Morgan fingerprint density at radius 3 is 2.23 bits per heavy atom. The number of carbonyl (C=O) groups excluding carboxylic acids is 2. The smallest absolute Gasteiger partial charge is 0.265 e. The van der Waals surface area contributed by atoms with E-state index < -0.39 is 6.10 Å². The van der Waals surface area contributed by atoms with E-state index in [1.165, 1.54) is 12.5 Å². The van der Waals surface area contributed by atoms with E-state index in [-0.39, 0.29) is 11.8 Å². The molecule has 5 heteroatoms. The minimum absolute atomic E-state index is 0.161. The number of aryl methyl sites for hydroxylation is 1. The van der Waals surface area contributed by atoms with Crippen LogP contribution in [0.5, 0.6) is 5.75 Å². The molecule has 0 aliphatic heterocycles. The van der Waals surface area contributed by atoms with Crippen molar-refractivity contribution in [3.8, 4) is 5.75 Å². The summed E-state index contributed by atoms with van der Waals surface area (Å²) in [6.45, 7) is 9.35. The van der Waals surface area contributed by atoms with Gasteiger partial charge in [-0.15, -0.1) is 0 Å². The summed E-state index contributed by atoms with van der Waals surface area (Å²) in [7, 11) is 0. The van der Waals surface area contributed by atoms with E-state index in [4.69, 9.17) is 4.74 Å². The fraction of sp³-hybridized carbons (Fsp3) is 0.333. The first-order valence-electron chi connectivity index (χ1n) is 8.72. The number of carbonyl (C=O) groups is 2. The fourth-order valence-electron chi connectivity index (χ4n) is 2.47. The first kappa shape index (κ1) is 19.5. The molecule has 0 radical (unpaired) electrons. The summed E-state index contributed by atoms with van der Waals surface area (Å²) < 4.78 is 5.88. The molecule has 0 spiro atoms. The molecule has 0 saturated heterocycles. The van der Waals surface area contributed by atoms with Gasteiger partial charge in [-0.05, 0) is 55.2 Å². The zero-order valence-corrected chi connectivity index (χ0v) is 15.9. The van der Waals surface area contributed by atoms with E-state index in [9.17, 15) is 9.59 Å². The molecule has 0 fully saturated rings. The van der Waals surface area contributed by atoms with Gasteiger partial charge in [-0.25, -0.2) is 0 Å². The van der Waals surface area contributed by atoms with Crippen molar-refractivity contribution >= 4 is 23.2 Å². The number of hydrogen-bond acceptors (Lipinski definition) is 3. The molecule has 1 atom stereocenters. The van der Waals surface area contributed by atoms with E-state index in [0.29, 0.717) is 23.0 Å². The molecular formula is C21H26N2O3. The van der Waals surface area contributed by atoms with Crippen molar-refractivity contribution in [1.29, 1.82) is 0 Å². The average molecular weight is 354 g/mol.